The molecule has 0 aromatic heterocycles. The maximum Gasteiger partial charge on any atom is 0.321 e. The zero-order chi connectivity index (χ0) is 14.3. The SMILES string of the molecule is CNCCC1CCN(C(C)C(=O)NC(=O)NC)CC1. The highest BCUT2D eigenvalue weighted by Crippen LogP contribution is 2.21. The summed E-state index contributed by atoms with van der Waals surface area (Å²) in [7, 11) is 3.47. The quantitative estimate of drug-likeness (QED) is 0.665. The molecule has 1 fully saturated rings. The fourth-order valence-electron chi connectivity index (χ4n) is 2.42. The van der Waals surface area contributed by atoms with Gasteiger partial charge < -0.3 is 10.6 Å². The molecule has 110 valence electrons. The molecule has 0 saturated carbocycles. The van der Waals surface area contributed by atoms with Crippen LogP contribution in [0.15, 0.2) is 0 Å². The van der Waals surface area contributed by atoms with E-state index in [1.165, 1.54) is 13.5 Å². The van der Waals surface area contributed by atoms with Crippen LogP contribution in [-0.4, -0.2) is 56.6 Å². The normalized spacial score (nSPS) is 18.9. The first kappa shape index (κ1) is 15.9. The second-order valence-corrected chi connectivity index (χ2v) is 5.12. The van der Waals surface area contributed by atoms with E-state index in [0.29, 0.717) is 0 Å². The summed E-state index contributed by atoms with van der Waals surface area (Å²) < 4.78 is 0. The standard InChI is InChI=1S/C13H26N4O2/c1-10(12(18)16-13(19)15-3)17-8-5-11(6-9-17)4-7-14-2/h10-11,14H,4-9H2,1-3H3,(H2,15,16,18,19). The third-order valence-corrected chi connectivity index (χ3v) is 3.84. The lowest BCUT2D eigenvalue weighted by atomic mass is 9.93. The van der Waals surface area contributed by atoms with Crippen molar-refractivity contribution < 1.29 is 9.59 Å². The molecule has 1 atom stereocenters. The van der Waals surface area contributed by atoms with Gasteiger partial charge in [-0.15, -0.1) is 0 Å². The van der Waals surface area contributed by atoms with Gasteiger partial charge in [0.05, 0.1) is 6.04 Å². The molecular formula is C13H26N4O2. The van der Waals surface area contributed by atoms with Crippen LogP contribution in [0.1, 0.15) is 26.2 Å². The van der Waals surface area contributed by atoms with E-state index in [9.17, 15) is 9.59 Å². The van der Waals surface area contributed by atoms with Gasteiger partial charge in [-0.2, -0.15) is 0 Å². The molecule has 1 aliphatic rings. The zero-order valence-electron chi connectivity index (χ0n) is 12.2. The van der Waals surface area contributed by atoms with Crippen molar-refractivity contribution in [3.05, 3.63) is 0 Å². The minimum atomic E-state index is -0.444. The van der Waals surface area contributed by atoms with Crippen molar-refractivity contribution in [2.45, 2.75) is 32.2 Å². The van der Waals surface area contributed by atoms with Gasteiger partial charge in [0.25, 0.3) is 0 Å². The Labute approximate surface area is 115 Å². The van der Waals surface area contributed by atoms with Crippen molar-refractivity contribution in [3.8, 4) is 0 Å². The van der Waals surface area contributed by atoms with Crippen LogP contribution < -0.4 is 16.0 Å². The number of nitrogens with one attached hydrogen (secondary N) is 3. The van der Waals surface area contributed by atoms with Gasteiger partial charge in [0.1, 0.15) is 0 Å². The van der Waals surface area contributed by atoms with Gasteiger partial charge >= 0.3 is 6.03 Å². The largest absolute Gasteiger partial charge is 0.341 e. The van der Waals surface area contributed by atoms with Gasteiger partial charge in [-0.05, 0) is 58.8 Å². The lowest BCUT2D eigenvalue weighted by Crippen LogP contribution is -2.51. The highest BCUT2D eigenvalue weighted by Gasteiger charge is 2.26. The smallest absolute Gasteiger partial charge is 0.321 e. The Bertz CT molecular complexity index is 301. The van der Waals surface area contributed by atoms with E-state index in [1.807, 2.05) is 14.0 Å². The molecule has 6 nitrogen and oxygen atoms in total. The highest BCUT2D eigenvalue weighted by atomic mass is 16.2. The molecular weight excluding hydrogens is 244 g/mol. The highest BCUT2D eigenvalue weighted by molar-refractivity contribution is 5.96. The van der Waals surface area contributed by atoms with Crippen molar-refractivity contribution >= 4 is 11.9 Å². The molecule has 1 rings (SSSR count). The second-order valence-electron chi connectivity index (χ2n) is 5.12. The number of hydrogen-bond donors (Lipinski definition) is 3. The molecule has 3 amide bonds. The number of carbonyl (C=O) groups excluding carboxylic acids is 2. The van der Waals surface area contributed by atoms with Crippen LogP contribution in [0.3, 0.4) is 0 Å². The first-order valence-corrected chi connectivity index (χ1v) is 6.99. The predicted octanol–water partition coefficient (Wildman–Crippen LogP) is 0.152. The predicted molar refractivity (Wildman–Crippen MR) is 74.9 cm³/mol. The van der Waals surface area contributed by atoms with Crippen molar-refractivity contribution in [1.29, 1.82) is 0 Å². The average molecular weight is 270 g/mol. The number of piperidine rings is 1. The Hall–Kier alpha value is -1.14. The molecule has 0 aliphatic carbocycles. The Morgan fingerprint density at radius 3 is 2.42 bits per heavy atom. The van der Waals surface area contributed by atoms with Gasteiger partial charge in [-0.1, -0.05) is 0 Å². The van der Waals surface area contributed by atoms with Gasteiger partial charge in [0, 0.05) is 7.05 Å². The van der Waals surface area contributed by atoms with Gasteiger partial charge in [0.15, 0.2) is 0 Å². The van der Waals surface area contributed by atoms with Crippen molar-refractivity contribution in [1.82, 2.24) is 20.9 Å². The lowest BCUT2D eigenvalue weighted by molar-refractivity contribution is -0.125. The summed E-state index contributed by atoms with van der Waals surface area (Å²) in [6.45, 7) is 4.76. The van der Waals surface area contributed by atoms with E-state index in [-0.39, 0.29) is 11.9 Å². The van der Waals surface area contributed by atoms with Crippen LogP contribution >= 0.6 is 0 Å². The van der Waals surface area contributed by atoms with Crippen LogP contribution in [0.4, 0.5) is 4.79 Å². The first-order valence-electron chi connectivity index (χ1n) is 6.99. The molecule has 0 radical (unpaired) electrons. The molecule has 19 heavy (non-hydrogen) atoms. The number of nitrogens with zero attached hydrogens (tertiary/aromatic N) is 1. The van der Waals surface area contributed by atoms with Crippen LogP contribution in [0.25, 0.3) is 0 Å². The van der Waals surface area contributed by atoms with Gasteiger partial charge in [0.2, 0.25) is 5.91 Å². The van der Waals surface area contributed by atoms with Gasteiger partial charge in [-0.25, -0.2) is 4.79 Å². The molecule has 0 aromatic rings. The third-order valence-electron chi connectivity index (χ3n) is 3.84. The Morgan fingerprint density at radius 2 is 1.89 bits per heavy atom. The number of hydrogen-bond acceptors (Lipinski definition) is 4. The summed E-state index contributed by atoms with van der Waals surface area (Å²) in [4.78, 5) is 25.1. The molecule has 0 aromatic carbocycles. The Kier molecular flexibility index (Phi) is 6.80. The minimum Gasteiger partial charge on any atom is -0.341 e. The van der Waals surface area contributed by atoms with E-state index in [1.54, 1.807) is 0 Å². The fraction of sp³-hybridized carbons (Fsp3) is 0.846. The molecule has 1 heterocycles. The number of rotatable bonds is 5. The van der Waals surface area contributed by atoms with E-state index in [0.717, 1.165) is 38.4 Å². The first-order chi connectivity index (χ1) is 9.08. The average Bonchev–Trinajstić information content (AvgIpc) is 2.44. The summed E-state index contributed by atoms with van der Waals surface area (Å²) in [6.07, 6.45) is 3.45. The van der Waals surface area contributed by atoms with Crippen LogP contribution in [0, 0.1) is 5.92 Å². The zero-order valence-corrected chi connectivity index (χ0v) is 12.2. The van der Waals surface area contributed by atoms with Crippen LogP contribution in [-0.2, 0) is 4.79 Å². The summed E-state index contributed by atoms with van der Waals surface area (Å²) in [5.74, 6) is 0.519. The van der Waals surface area contributed by atoms with Crippen LogP contribution in [0.2, 0.25) is 0 Å². The topological polar surface area (TPSA) is 73.5 Å². The van der Waals surface area contributed by atoms with E-state index in [2.05, 4.69) is 20.9 Å². The number of amides is 3. The monoisotopic (exact) mass is 270 g/mol. The summed E-state index contributed by atoms with van der Waals surface area (Å²) in [5.41, 5.74) is 0. The molecule has 6 heteroatoms. The maximum absolute atomic E-state index is 11.8. The van der Waals surface area contributed by atoms with E-state index < -0.39 is 6.03 Å². The lowest BCUT2D eigenvalue weighted by Gasteiger charge is -2.35. The summed E-state index contributed by atoms with van der Waals surface area (Å²) >= 11 is 0. The molecule has 1 saturated heterocycles. The number of likely N-dealkylation sites (tertiary alicyclic amines) is 1. The fourth-order valence-corrected chi connectivity index (χ4v) is 2.42. The maximum atomic E-state index is 11.8. The Morgan fingerprint density at radius 1 is 1.26 bits per heavy atom. The molecule has 0 bridgehead atoms. The van der Waals surface area contributed by atoms with Crippen molar-refractivity contribution in [2.75, 3.05) is 33.7 Å². The van der Waals surface area contributed by atoms with Crippen LogP contribution in [0.5, 0.6) is 0 Å². The second kappa shape index (κ2) is 8.12. The van der Waals surface area contributed by atoms with E-state index >= 15 is 0 Å². The minimum absolute atomic E-state index is 0.229. The number of imide groups is 1. The summed E-state index contributed by atoms with van der Waals surface area (Å²) in [6, 6.07) is -0.691. The third kappa shape index (κ3) is 5.16. The molecule has 3 N–H and O–H groups in total. The van der Waals surface area contributed by atoms with Crippen molar-refractivity contribution in [2.24, 2.45) is 5.92 Å². The number of carbonyl (C=O) groups is 2. The molecule has 1 unspecified atom stereocenters. The Balaban J connectivity index is 2.33. The summed E-state index contributed by atoms with van der Waals surface area (Å²) in [5, 5.41) is 7.89. The molecule has 1 aliphatic heterocycles. The van der Waals surface area contributed by atoms with E-state index in [4.69, 9.17) is 0 Å². The van der Waals surface area contributed by atoms with Gasteiger partial charge in [-0.3, -0.25) is 15.0 Å². The number of urea groups is 1. The molecule has 0 spiro atoms. The van der Waals surface area contributed by atoms with Crippen molar-refractivity contribution in [3.63, 3.8) is 0 Å².